The number of nitrogens with one attached hydrogen (secondary N) is 1. The van der Waals surface area contributed by atoms with Gasteiger partial charge in [-0.3, -0.25) is 0 Å². The van der Waals surface area contributed by atoms with Gasteiger partial charge in [0.05, 0.1) is 0 Å². The Morgan fingerprint density at radius 3 is 2.38 bits per heavy atom. The fourth-order valence-corrected chi connectivity index (χ4v) is 2.20. The Balaban J connectivity index is 2.56. The third-order valence-electron chi connectivity index (χ3n) is 2.47. The van der Waals surface area contributed by atoms with Crippen LogP contribution in [0.25, 0.3) is 0 Å². The monoisotopic (exact) mass is 332 g/mol. The Labute approximate surface area is 113 Å². The second-order valence-corrected chi connectivity index (χ2v) is 5.59. The summed E-state index contributed by atoms with van der Waals surface area (Å²) in [6.45, 7) is 4.28. The van der Waals surface area contributed by atoms with E-state index in [0.717, 1.165) is 19.5 Å². The predicted octanol–water partition coefficient (Wildman–Crippen LogP) is 2.37. The van der Waals surface area contributed by atoms with Crippen molar-refractivity contribution in [2.75, 3.05) is 27.2 Å². The molecular weight excluding hydrogens is 311 g/mol. The standard InChI is InChI=1S/C13H21IN2/c1-4-15-13(10-16(2)3)9-11-5-7-12(14)8-6-11/h5-8,13,15H,4,9-10H2,1-3H3. The summed E-state index contributed by atoms with van der Waals surface area (Å²) in [5, 5.41) is 3.53. The zero-order valence-electron chi connectivity index (χ0n) is 10.3. The second kappa shape index (κ2) is 7.25. The highest BCUT2D eigenvalue weighted by Crippen LogP contribution is 2.09. The van der Waals surface area contributed by atoms with Crippen molar-refractivity contribution in [2.24, 2.45) is 0 Å². The van der Waals surface area contributed by atoms with Gasteiger partial charge in [-0.05, 0) is 67.3 Å². The summed E-state index contributed by atoms with van der Waals surface area (Å²) in [6.07, 6.45) is 1.10. The first-order valence-electron chi connectivity index (χ1n) is 5.74. The highest BCUT2D eigenvalue weighted by molar-refractivity contribution is 14.1. The van der Waals surface area contributed by atoms with E-state index in [1.807, 2.05) is 0 Å². The van der Waals surface area contributed by atoms with Gasteiger partial charge in [-0.1, -0.05) is 19.1 Å². The Hall–Kier alpha value is -0.130. The van der Waals surface area contributed by atoms with E-state index in [4.69, 9.17) is 0 Å². The maximum atomic E-state index is 3.53. The third kappa shape index (κ3) is 5.27. The molecule has 0 aliphatic heterocycles. The minimum atomic E-state index is 0.542. The molecule has 2 nitrogen and oxygen atoms in total. The number of benzene rings is 1. The normalized spacial score (nSPS) is 13.1. The third-order valence-corrected chi connectivity index (χ3v) is 3.19. The first kappa shape index (κ1) is 13.9. The summed E-state index contributed by atoms with van der Waals surface area (Å²) in [7, 11) is 4.25. The van der Waals surface area contributed by atoms with Crippen LogP contribution >= 0.6 is 22.6 Å². The molecule has 0 aromatic heterocycles. The van der Waals surface area contributed by atoms with E-state index in [0.29, 0.717) is 6.04 Å². The van der Waals surface area contributed by atoms with Crippen LogP contribution in [0.4, 0.5) is 0 Å². The number of halogens is 1. The summed E-state index contributed by atoms with van der Waals surface area (Å²) in [4.78, 5) is 2.24. The van der Waals surface area contributed by atoms with Crippen molar-refractivity contribution in [1.29, 1.82) is 0 Å². The van der Waals surface area contributed by atoms with E-state index in [9.17, 15) is 0 Å². The van der Waals surface area contributed by atoms with Crippen LogP contribution < -0.4 is 5.32 Å². The van der Waals surface area contributed by atoms with Crippen LogP contribution in [0.1, 0.15) is 12.5 Å². The first-order chi connectivity index (χ1) is 7.61. The van der Waals surface area contributed by atoms with Crippen molar-refractivity contribution in [2.45, 2.75) is 19.4 Å². The van der Waals surface area contributed by atoms with Gasteiger partial charge in [0.15, 0.2) is 0 Å². The second-order valence-electron chi connectivity index (χ2n) is 4.35. The van der Waals surface area contributed by atoms with Crippen LogP contribution in [0.3, 0.4) is 0 Å². The van der Waals surface area contributed by atoms with Gasteiger partial charge in [0, 0.05) is 16.2 Å². The van der Waals surface area contributed by atoms with Gasteiger partial charge in [0.2, 0.25) is 0 Å². The maximum absolute atomic E-state index is 3.53. The van der Waals surface area contributed by atoms with Gasteiger partial charge >= 0.3 is 0 Å². The molecule has 0 aliphatic carbocycles. The molecule has 0 aliphatic rings. The van der Waals surface area contributed by atoms with Crippen LogP contribution in [0, 0.1) is 3.57 Å². The minimum Gasteiger partial charge on any atom is -0.313 e. The Bertz CT molecular complexity index is 295. The molecule has 1 unspecified atom stereocenters. The van der Waals surface area contributed by atoms with Crippen LogP contribution in [0.5, 0.6) is 0 Å². The molecule has 1 aromatic rings. The summed E-state index contributed by atoms with van der Waals surface area (Å²) in [6, 6.07) is 9.34. The average Bonchev–Trinajstić information content (AvgIpc) is 2.21. The van der Waals surface area contributed by atoms with Crippen LogP contribution in [0.15, 0.2) is 24.3 Å². The van der Waals surface area contributed by atoms with Crippen molar-refractivity contribution in [3.8, 4) is 0 Å². The van der Waals surface area contributed by atoms with Crippen LogP contribution in [-0.2, 0) is 6.42 Å². The van der Waals surface area contributed by atoms with Crippen molar-refractivity contribution in [1.82, 2.24) is 10.2 Å². The highest BCUT2D eigenvalue weighted by Gasteiger charge is 2.09. The molecule has 1 rings (SSSR count). The molecule has 0 bridgehead atoms. The first-order valence-corrected chi connectivity index (χ1v) is 6.82. The van der Waals surface area contributed by atoms with Gasteiger partial charge in [-0.25, -0.2) is 0 Å². The fraction of sp³-hybridized carbons (Fsp3) is 0.538. The van der Waals surface area contributed by atoms with E-state index in [2.05, 4.69) is 78.1 Å². The van der Waals surface area contributed by atoms with E-state index in [1.165, 1.54) is 9.13 Å². The highest BCUT2D eigenvalue weighted by atomic mass is 127. The molecule has 90 valence electrons. The van der Waals surface area contributed by atoms with Crippen molar-refractivity contribution in [3.05, 3.63) is 33.4 Å². The molecule has 16 heavy (non-hydrogen) atoms. The molecule has 3 heteroatoms. The lowest BCUT2D eigenvalue weighted by Gasteiger charge is -2.22. The number of likely N-dealkylation sites (N-methyl/N-ethyl adjacent to an activating group) is 2. The predicted molar refractivity (Wildman–Crippen MR) is 78.9 cm³/mol. The van der Waals surface area contributed by atoms with Gasteiger partial charge in [0.25, 0.3) is 0 Å². The molecule has 0 amide bonds. The van der Waals surface area contributed by atoms with E-state index in [1.54, 1.807) is 0 Å². The summed E-state index contributed by atoms with van der Waals surface area (Å²) in [5.74, 6) is 0. The molecule has 0 saturated carbocycles. The Morgan fingerprint density at radius 2 is 1.88 bits per heavy atom. The number of rotatable bonds is 6. The molecule has 0 radical (unpaired) electrons. The average molecular weight is 332 g/mol. The molecule has 1 atom stereocenters. The van der Waals surface area contributed by atoms with Crippen molar-refractivity contribution in [3.63, 3.8) is 0 Å². The zero-order chi connectivity index (χ0) is 12.0. The maximum Gasteiger partial charge on any atom is 0.0235 e. The van der Waals surface area contributed by atoms with E-state index in [-0.39, 0.29) is 0 Å². The van der Waals surface area contributed by atoms with Gasteiger partial charge in [-0.15, -0.1) is 0 Å². The largest absolute Gasteiger partial charge is 0.313 e. The fourth-order valence-electron chi connectivity index (χ4n) is 1.84. The molecule has 1 aromatic carbocycles. The quantitative estimate of drug-likeness (QED) is 0.805. The molecule has 0 saturated heterocycles. The number of hydrogen-bond donors (Lipinski definition) is 1. The van der Waals surface area contributed by atoms with Gasteiger partial charge in [0.1, 0.15) is 0 Å². The Morgan fingerprint density at radius 1 is 1.25 bits per heavy atom. The summed E-state index contributed by atoms with van der Waals surface area (Å²) in [5.41, 5.74) is 1.41. The molecule has 0 spiro atoms. The number of nitrogens with zero attached hydrogens (tertiary/aromatic N) is 1. The molecule has 0 heterocycles. The molecular formula is C13H21IN2. The lowest BCUT2D eigenvalue weighted by atomic mass is 10.1. The zero-order valence-corrected chi connectivity index (χ0v) is 12.5. The lowest BCUT2D eigenvalue weighted by molar-refractivity contribution is 0.339. The van der Waals surface area contributed by atoms with E-state index < -0.39 is 0 Å². The van der Waals surface area contributed by atoms with Crippen LogP contribution in [-0.4, -0.2) is 38.1 Å². The van der Waals surface area contributed by atoms with Crippen LogP contribution in [0.2, 0.25) is 0 Å². The van der Waals surface area contributed by atoms with Gasteiger partial charge < -0.3 is 10.2 Å². The molecule has 1 N–H and O–H groups in total. The number of hydrogen-bond acceptors (Lipinski definition) is 2. The summed E-state index contributed by atoms with van der Waals surface area (Å²) < 4.78 is 1.30. The van der Waals surface area contributed by atoms with Crippen molar-refractivity contribution < 1.29 is 0 Å². The smallest absolute Gasteiger partial charge is 0.0235 e. The minimum absolute atomic E-state index is 0.542. The Kier molecular flexibility index (Phi) is 6.31. The lowest BCUT2D eigenvalue weighted by Crippen LogP contribution is -2.39. The van der Waals surface area contributed by atoms with Crippen molar-refractivity contribution >= 4 is 22.6 Å². The SMILES string of the molecule is CCNC(Cc1ccc(I)cc1)CN(C)C. The van der Waals surface area contributed by atoms with E-state index >= 15 is 0 Å². The summed E-state index contributed by atoms with van der Waals surface area (Å²) >= 11 is 2.34. The topological polar surface area (TPSA) is 15.3 Å². The molecule has 0 fully saturated rings. The van der Waals surface area contributed by atoms with Gasteiger partial charge in [-0.2, -0.15) is 0 Å².